The molecule has 1 rings (SSSR count). The number of rotatable bonds is 1. The summed E-state index contributed by atoms with van der Waals surface area (Å²) in [4.78, 5) is 12.7. The van der Waals surface area contributed by atoms with E-state index in [0.717, 1.165) is 12.2 Å². The van der Waals surface area contributed by atoms with Gasteiger partial charge in [-0.3, -0.25) is 0 Å². The zero-order valence-electron chi connectivity index (χ0n) is 6.51. The summed E-state index contributed by atoms with van der Waals surface area (Å²) in [7, 11) is 0. The number of nitrogens with zero attached hydrogens (tertiary/aromatic N) is 1. The van der Waals surface area contributed by atoms with Crippen molar-refractivity contribution >= 4 is 6.08 Å². The average molecular weight is 189 g/mol. The highest BCUT2D eigenvalue weighted by Gasteiger charge is 2.53. The first-order chi connectivity index (χ1) is 6.02. The first-order valence-corrected chi connectivity index (χ1v) is 3.52. The highest BCUT2D eigenvalue weighted by atomic mass is 19.4. The maximum Gasteiger partial charge on any atom is 0.418 e. The Morgan fingerprint density at radius 2 is 2.08 bits per heavy atom. The van der Waals surface area contributed by atoms with Crippen molar-refractivity contribution in [3.8, 4) is 0 Å². The van der Waals surface area contributed by atoms with Crippen molar-refractivity contribution < 1.29 is 18.0 Å². The third kappa shape index (κ3) is 1.70. The van der Waals surface area contributed by atoms with Crippen LogP contribution in [-0.4, -0.2) is 17.8 Å². The van der Waals surface area contributed by atoms with Crippen LogP contribution >= 0.6 is 0 Å². The number of hydrogen-bond donors (Lipinski definition) is 0. The Balaban J connectivity index is 3.09. The summed E-state index contributed by atoms with van der Waals surface area (Å²) in [5.74, 6) is 0. The lowest BCUT2D eigenvalue weighted by atomic mass is 9.91. The van der Waals surface area contributed by atoms with Gasteiger partial charge in [0.25, 0.3) is 0 Å². The fraction of sp³-hybridized carbons (Fsp3) is 0.375. The summed E-state index contributed by atoms with van der Waals surface area (Å²) in [6.45, 7) is 0. The second-order valence-electron chi connectivity index (χ2n) is 2.62. The van der Waals surface area contributed by atoms with Crippen molar-refractivity contribution in [1.82, 2.24) is 0 Å². The summed E-state index contributed by atoms with van der Waals surface area (Å²) in [6.07, 6.45) is 0.929. The van der Waals surface area contributed by atoms with Gasteiger partial charge < -0.3 is 0 Å². The van der Waals surface area contributed by atoms with Crippen LogP contribution in [0, 0.1) is 0 Å². The molecule has 0 N–H and O–H groups in total. The van der Waals surface area contributed by atoms with E-state index < -0.39 is 11.7 Å². The number of hydrogen-bond acceptors (Lipinski definition) is 2. The molecule has 0 amide bonds. The van der Waals surface area contributed by atoms with Crippen LogP contribution in [0.1, 0.15) is 6.42 Å². The van der Waals surface area contributed by atoms with Crippen LogP contribution in [0.2, 0.25) is 0 Å². The molecule has 70 valence electrons. The number of alkyl halides is 3. The van der Waals surface area contributed by atoms with Crippen LogP contribution < -0.4 is 0 Å². The Labute approximate surface area is 72.5 Å². The second-order valence-corrected chi connectivity index (χ2v) is 2.62. The molecule has 0 bridgehead atoms. The standard InChI is InChI=1S/C8H6F3NO/c9-8(10,11)7(12-6-13)4-2-1-3-5-7/h1-4H,5H2. The normalized spacial score (nSPS) is 27.0. The predicted octanol–water partition coefficient (Wildman–Crippen LogP) is 2.14. The molecule has 0 saturated heterocycles. The monoisotopic (exact) mass is 189 g/mol. The minimum absolute atomic E-state index is 0.345. The Morgan fingerprint density at radius 3 is 2.46 bits per heavy atom. The maximum absolute atomic E-state index is 12.4. The van der Waals surface area contributed by atoms with Crippen molar-refractivity contribution in [1.29, 1.82) is 0 Å². The van der Waals surface area contributed by atoms with E-state index in [-0.39, 0.29) is 6.42 Å². The number of allylic oxidation sites excluding steroid dienone is 2. The lowest BCUT2D eigenvalue weighted by Crippen LogP contribution is -2.41. The molecule has 0 aromatic heterocycles. The molecule has 0 fully saturated rings. The Morgan fingerprint density at radius 1 is 1.38 bits per heavy atom. The van der Waals surface area contributed by atoms with Crippen LogP contribution in [0.25, 0.3) is 0 Å². The van der Waals surface area contributed by atoms with E-state index in [2.05, 4.69) is 4.99 Å². The molecule has 0 aromatic carbocycles. The summed E-state index contributed by atoms with van der Waals surface area (Å²) in [5.41, 5.74) is -2.40. The fourth-order valence-electron chi connectivity index (χ4n) is 1.05. The zero-order chi connectivity index (χ0) is 9.95. The van der Waals surface area contributed by atoms with Gasteiger partial charge in [-0.1, -0.05) is 18.2 Å². The Hall–Kier alpha value is -1.35. The molecule has 0 radical (unpaired) electrons. The minimum Gasteiger partial charge on any atom is -0.211 e. The van der Waals surface area contributed by atoms with Crippen LogP contribution in [0.4, 0.5) is 13.2 Å². The third-order valence-corrected chi connectivity index (χ3v) is 1.78. The van der Waals surface area contributed by atoms with Crippen LogP contribution in [0.3, 0.4) is 0 Å². The van der Waals surface area contributed by atoms with Gasteiger partial charge in [0.05, 0.1) is 0 Å². The smallest absolute Gasteiger partial charge is 0.211 e. The molecule has 0 aliphatic heterocycles. The number of isocyanates is 1. The Bertz CT molecular complexity index is 299. The molecule has 0 heterocycles. The molecule has 0 aromatic rings. The first kappa shape index (κ1) is 9.74. The average Bonchev–Trinajstić information content (AvgIpc) is 2.04. The molecule has 2 nitrogen and oxygen atoms in total. The van der Waals surface area contributed by atoms with Crippen LogP contribution in [0.15, 0.2) is 29.3 Å². The molecule has 0 saturated carbocycles. The van der Waals surface area contributed by atoms with Crippen molar-refractivity contribution in [2.75, 3.05) is 0 Å². The molecule has 13 heavy (non-hydrogen) atoms. The van der Waals surface area contributed by atoms with Crippen LogP contribution in [-0.2, 0) is 4.79 Å². The molecule has 0 spiro atoms. The summed E-state index contributed by atoms with van der Waals surface area (Å²) >= 11 is 0. The van der Waals surface area contributed by atoms with E-state index in [0.29, 0.717) is 0 Å². The van der Waals surface area contributed by atoms with E-state index >= 15 is 0 Å². The quantitative estimate of drug-likeness (QED) is 0.459. The van der Waals surface area contributed by atoms with Gasteiger partial charge >= 0.3 is 6.18 Å². The van der Waals surface area contributed by atoms with Gasteiger partial charge in [0, 0.05) is 6.42 Å². The molecule has 1 atom stereocenters. The van der Waals surface area contributed by atoms with Gasteiger partial charge in [0.2, 0.25) is 6.08 Å². The topological polar surface area (TPSA) is 29.4 Å². The van der Waals surface area contributed by atoms with Crippen molar-refractivity contribution in [2.45, 2.75) is 18.1 Å². The SMILES string of the molecule is O=C=NC1(C(F)(F)F)C=CC=CC1. The van der Waals surface area contributed by atoms with Crippen LogP contribution in [0.5, 0.6) is 0 Å². The largest absolute Gasteiger partial charge is 0.418 e. The summed E-state index contributed by atoms with van der Waals surface area (Å²) in [6, 6.07) is 0. The minimum atomic E-state index is -4.55. The second kappa shape index (κ2) is 3.18. The van der Waals surface area contributed by atoms with Gasteiger partial charge in [-0.2, -0.15) is 18.2 Å². The van der Waals surface area contributed by atoms with E-state index in [1.165, 1.54) is 18.2 Å². The number of carbonyl (C=O) groups excluding carboxylic acids is 1. The highest BCUT2D eigenvalue weighted by Crippen LogP contribution is 2.39. The van der Waals surface area contributed by atoms with E-state index in [9.17, 15) is 18.0 Å². The summed E-state index contributed by atoms with van der Waals surface area (Å²) < 4.78 is 37.3. The number of aliphatic imine (C=N–C) groups is 1. The number of halogens is 3. The van der Waals surface area contributed by atoms with Gasteiger partial charge in [-0.05, 0) is 6.08 Å². The van der Waals surface area contributed by atoms with Gasteiger partial charge in [-0.15, -0.1) is 0 Å². The molecule has 1 aliphatic rings. The zero-order valence-corrected chi connectivity index (χ0v) is 6.51. The molecule has 1 aliphatic carbocycles. The highest BCUT2D eigenvalue weighted by molar-refractivity contribution is 5.39. The molecular weight excluding hydrogens is 183 g/mol. The van der Waals surface area contributed by atoms with E-state index in [1.807, 2.05) is 0 Å². The maximum atomic E-state index is 12.4. The third-order valence-electron chi connectivity index (χ3n) is 1.78. The molecule has 5 heteroatoms. The lowest BCUT2D eigenvalue weighted by molar-refractivity contribution is -0.169. The van der Waals surface area contributed by atoms with E-state index in [1.54, 1.807) is 0 Å². The first-order valence-electron chi connectivity index (χ1n) is 3.52. The van der Waals surface area contributed by atoms with Gasteiger partial charge in [0.1, 0.15) is 0 Å². The van der Waals surface area contributed by atoms with Crippen molar-refractivity contribution in [2.24, 2.45) is 4.99 Å². The molecular formula is C8H6F3NO. The van der Waals surface area contributed by atoms with Gasteiger partial charge in [0.15, 0.2) is 5.54 Å². The molecule has 1 unspecified atom stereocenters. The van der Waals surface area contributed by atoms with Crippen molar-refractivity contribution in [3.63, 3.8) is 0 Å². The van der Waals surface area contributed by atoms with Crippen molar-refractivity contribution in [3.05, 3.63) is 24.3 Å². The summed E-state index contributed by atoms with van der Waals surface area (Å²) in [5, 5.41) is 0. The predicted molar refractivity (Wildman–Crippen MR) is 39.8 cm³/mol. The Kier molecular flexibility index (Phi) is 2.38. The van der Waals surface area contributed by atoms with Gasteiger partial charge in [-0.25, -0.2) is 4.79 Å². The lowest BCUT2D eigenvalue weighted by Gasteiger charge is -2.27. The fourth-order valence-corrected chi connectivity index (χ4v) is 1.05. The van der Waals surface area contributed by atoms with E-state index in [4.69, 9.17) is 0 Å².